The maximum atomic E-state index is 14.2. The molecule has 1 saturated carbocycles. The van der Waals surface area contributed by atoms with Gasteiger partial charge in [-0.25, -0.2) is 4.39 Å². The van der Waals surface area contributed by atoms with Crippen molar-refractivity contribution in [3.63, 3.8) is 0 Å². The molecule has 0 saturated heterocycles. The third kappa shape index (κ3) is 4.49. The van der Waals surface area contributed by atoms with Crippen LogP contribution in [0.2, 0.25) is 0 Å². The van der Waals surface area contributed by atoms with Gasteiger partial charge < -0.3 is 16.0 Å². The minimum absolute atomic E-state index is 0.0355. The van der Waals surface area contributed by atoms with Crippen molar-refractivity contribution in [2.24, 2.45) is 5.73 Å². The number of aryl methyl sites for hydroxylation is 1. The first kappa shape index (κ1) is 21.5. The van der Waals surface area contributed by atoms with Crippen LogP contribution in [0.3, 0.4) is 0 Å². The number of fused-ring (bicyclic) bond motifs is 1. The third-order valence-electron chi connectivity index (χ3n) is 6.12. The molecule has 164 valence electrons. The van der Waals surface area contributed by atoms with E-state index in [-0.39, 0.29) is 18.2 Å². The van der Waals surface area contributed by atoms with Gasteiger partial charge in [0.25, 0.3) is 11.8 Å². The maximum absolute atomic E-state index is 14.2. The Kier molecular flexibility index (Phi) is 6.36. The SMILES string of the molecule is NC(=O)c1c(NC(=O)CN(C(=O)c2ccccc2F)C2CCCC2)sc2c1CCCC2. The number of hydrogen-bond donors (Lipinski definition) is 2. The molecule has 1 fully saturated rings. The van der Waals surface area contributed by atoms with Crippen LogP contribution in [0.15, 0.2) is 24.3 Å². The molecule has 1 aromatic heterocycles. The first-order valence-corrected chi connectivity index (χ1v) is 11.6. The van der Waals surface area contributed by atoms with E-state index < -0.39 is 23.5 Å². The van der Waals surface area contributed by atoms with Gasteiger partial charge in [0.1, 0.15) is 17.4 Å². The lowest BCUT2D eigenvalue weighted by Crippen LogP contribution is -2.44. The van der Waals surface area contributed by atoms with Crippen molar-refractivity contribution >= 4 is 34.1 Å². The van der Waals surface area contributed by atoms with E-state index in [0.29, 0.717) is 10.6 Å². The highest BCUT2D eigenvalue weighted by Crippen LogP contribution is 2.38. The molecule has 3 amide bonds. The van der Waals surface area contributed by atoms with E-state index in [0.717, 1.165) is 61.8 Å². The van der Waals surface area contributed by atoms with Crippen LogP contribution < -0.4 is 11.1 Å². The lowest BCUT2D eigenvalue weighted by molar-refractivity contribution is -0.117. The van der Waals surface area contributed by atoms with Gasteiger partial charge in [-0.3, -0.25) is 14.4 Å². The van der Waals surface area contributed by atoms with E-state index >= 15 is 0 Å². The standard InChI is InChI=1S/C23H26FN3O3S/c24-17-11-5-3-9-15(17)23(30)27(14-7-1-2-8-14)13-19(28)26-22-20(21(25)29)16-10-4-6-12-18(16)31-22/h3,5,9,11,14H,1-2,4,6-8,10,12-13H2,(H2,25,29)(H,26,28). The fourth-order valence-corrected chi connectivity index (χ4v) is 5.92. The highest BCUT2D eigenvalue weighted by Gasteiger charge is 2.31. The van der Waals surface area contributed by atoms with E-state index in [1.54, 1.807) is 6.07 Å². The number of anilines is 1. The van der Waals surface area contributed by atoms with Gasteiger partial charge in [-0.05, 0) is 56.2 Å². The number of benzene rings is 1. The molecule has 2 aliphatic carbocycles. The molecule has 0 bridgehead atoms. The van der Waals surface area contributed by atoms with E-state index in [1.165, 1.54) is 34.4 Å². The summed E-state index contributed by atoms with van der Waals surface area (Å²) in [6.45, 7) is -0.196. The van der Waals surface area contributed by atoms with Crippen LogP contribution in [-0.4, -0.2) is 35.2 Å². The summed E-state index contributed by atoms with van der Waals surface area (Å²) in [7, 11) is 0. The molecular weight excluding hydrogens is 417 g/mol. The van der Waals surface area contributed by atoms with Gasteiger partial charge in [-0.2, -0.15) is 0 Å². The van der Waals surface area contributed by atoms with Crippen LogP contribution in [0.1, 0.15) is 69.7 Å². The average molecular weight is 444 g/mol. The largest absolute Gasteiger partial charge is 0.365 e. The summed E-state index contributed by atoms with van der Waals surface area (Å²) in [5.74, 6) is -2.04. The highest BCUT2D eigenvalue weighted by molar-refractivity contribution is 7.17. The second kappa shape index (κ2) is 9.18. The summed E-state index contributed by atoms with van der Waals surface area (Å²) < 4.78 is 14.2. The molecule has 0 radical (unpaired) electrons. The minimum Gasteiger partial charge on any atom is -0.365 e. The van der Waals surface area contributed by atoms with Crippen LogP contribution in [-0.2, 0) is 17.6 Å². The quantitative estimate of drug-likeness (QED) is 0.709. The number of primary amides is 1. The molecule has 2 aliphatic rings. The number of rotatable bonds is 6. The number of amides is 3. The fraction of sp³-hybridized carbons (Fsp3) is 0.435. The Morgan fingerprint density at radius 1 is 1.10 bits per heavy atom. The lowest BCUT2D eigenvalue weighted by Gasteiger charge is -2.28. The first-order chi connectivity index (χ1) is 15.0. The Bertz CT molecular complexity index is 1010. The Morgan fingerprint density at radius 2 is 1.81 bits per heavy atom. The van der Waals surface area contributed by atoms with Crippen molar-refractivity contribution < 1.29 is 18.8 Å². The van der Waals surface area contributed by atoms with Gasteiger partial charge in [-0.15, -0.1) is 11.3 Å². The number of carbonyl (C=O) groups excluding carboxylic acids is 3. The molecule has 0 unspecified atom stereocenters. The summed E-state index contributed by atoms with van der Waals surface area (Å²) >= 11 is 1.39. The maximum Gasteiger partial charge on any atom is 0.257 e. The Labute approximate surface area is 184 Å². The normalized spacial score (nSPS) is 16.0. The topological polar surface area (TPSA) is 92.5 Å². The molecule has 3 N–H and O–H groups in total. The summed E-state index contributed by atoms with van der Waals surface area (Å²) in [5.41, 5.74) is 6.90. The molecule has 6 nitrogen and oxygen atoms in total. The van der Waals surface area contributed by atoms with Crippen molar-refractivity contribution in [2.45, 2.75) is 57.4 Å². The van der Waals surface area contributed by atoms with Crippen molar-refractivity contribution in [2.75, 3.05) is 11.9 Å². The van der Waals surface area contributed by atoms with E-state index in [4.69, 9.17) is 5.73 Å². The third-order valence-corrected chi connectivity index (χ3v) is 7.32. The van der Waals surface area contributed by atoms with Gasteiger partial charge in [0.15, 0.2) is 0 Å². The molecule has 0 spiro atoms. The Hall–Kier alpha value is -2.74. The van der Waals surface area contributed by atoms with E-state index in [9.17, 15) is 18.8 Å². The Balaban J connectivity index is 1.56. The number of hydrogen-bond acceptors (Lipinski definition) is 4. The second-order valence-electron chi connectivity index (χ2n) is 8.18. The molecule has 0 aliphatic heterocycles. The van der Waals surface area contributed by atoms with Gasteiger partial charge in [0, 0.05) is 10.9 Å². The van der Waals surface area contributed by atoms with Crippen molar-refractivity contribution in [3.8, 4) is 0 Å². The number of carbonyl (C=O) groups is 3. The van der Waals surface area contributed by atoms with Crippen molar-refractivity contribution in [1.82, 2.24) is 4.90 Å². The average Bonchev–Trinajstić information content (AvgIpc) is 3.39. The molecule has 1 aromatic carbocycles. The van der Waals surface area contributed by atoms with Crippen LogP contribution in [0.4, 0.5) is 9.39 Å². The molecule has 2 aromatic rings. The molecule has 4 rings (SSSR count). The number of nitrogens with zero attached hydrogens (tertiary/aromatic N) is 1. The second-order valence-corrected chi connectivity index (χ2v) is 9.28. The molecule has 0 atom stereocenters. The molecule has 1 heterocycles. The molecular formula is C23H26FN3O3S. The van der Waals surface area contributed by atoms with E-state index in [1.807, 2.05) is 0 Å². The number of halogens is 1. The predicted octanol–water partition coefficient (Wildman–Crippen LogP) is 3.89. The van der Waals surface area contributed by atoms with Crippen LogP contribution >= 0.6 is 11.3 Å². The Morgan fingerprint density at radius 3 is 2.52 bits per heavy atom. The summed E-state index contributed by atoms with van der Waals surface area (Å²) in [6.07, 6.45) is 7.19. The van der Waals surface area contributed by atoms with Gasteiger partial charge in [-0.1, -0.05) is 25.0 Å². The molecule has 31 heavy (non-hydrogen) atoms. The van der Waals surface area contributed by atoms with Crippen molar-refractivity contribution in [3.05, 3.63) is 51.7 Å². The monoisotopic (exact) mass is 443 g/mol. The zero-order valence-corrected chi connectivity index (χ0v) is 18.1. The van der Waals surface area contributed by atoms with Crippen LogP contribution in [0.25, 0.3) is 0 Å². The zero-order chi connectivity index (χ0) is 22.0. The van der Waals surface area contributed by atoms with Crippen LogP contribution in [0, 0.1) is 5.82 Å². The number of thiophene rings is 1. The predicted molar refractivity (Wildman–Crippen MR) is 118 cm³/mol. The smallest absolute Gasteiger partial charge is 0.257 e. The first-order valence-electron chi connectivity index (χ1n) is 10.8. The summed E-state index contributed by atoms with van der Waals surface area (Å²) in [6, 6.07) is 5.72. The zero-order valence-electron chi connectivity index (χ0n) is 17.3. The lowest BCUT2D eigenvalue weighted by atomic mass is 9.95. The van der Waals surface area contributed by atoms with Gasteiger partial charge in [0.2, 0.25) is 5.91 Å². The summed E-state index contributed by atoms with van der Waals surface area (Å²) in [4.78, 5) is 40.7. The van der Waals surface area contributed by atoms with Crippen LogP contribution in [0.5, 0.6) is 0 Å². The van der Waals surface area contributed by atoms with E-state index in [2.05, 4.69) is 5.32 Å². The number of nitrogens with one attached hydrogen (secondary N) is 1. The van der Waals surface area contributed by atoms with Gasteiger partial charge in [0.05, 0.1) is 11.1 Å². The van der Waals surface area contributed by atoms with Gasteiger partial charge >= 0.3 is 0 Å². The number of nitrogens with two attached hydrogens (primary N) is 1. The van der Waals surface area contributed by atoms with Crippen molar-refractivity contribution in [1.29, 1.82) is 0 Å². The highest BCUT2D eigenvalue weighted by atomic mass is 32.1. The fourth-order valence-electron chi connectivity index (χ4n) is 4.61. The summed E-state index contributed by atoms with van der Waals surface area (Å²) in [5, 5.41) is 3.27. The molecule has 8 heteroatoms. The minimum atomic E-state index is -0.599.